The maximum Gasteiger partial charge on any atom is 0.240 e. The van der Waals surface area contributed by atoms with Crippen molar-refractivity contribution >= 4 is 21.6 Å². The standard InChI is InChI=1S/C21H26N2O3S/c1-15-7-9-19-18(13-15)5-4-12-23(19)21(24)10-11-22-27(25,26)20-14-16(2)6-8-17(20)3/h6-9,13-14,22H,4-5,10-12H2,1-3H3. The number of nitrogens with one attached hydrogen (secondary N) is 1. The number of amides is 1. The first-order valence-corrected chi connectivity index (χ1v) is 10.7. The Bertz CT molecular complexity index is 967. The Morgan fingerprint density at radius 2 is 1.78 bits per heavy atom. The predicted molar refractivity (Wildman–Crippen MR) is 108 cm³/mol. The van der Waals surface area contributed by atoms with Crippen LogP contribution in [0.5, 0.6) is 0 Å². The van der Waals surface area contributed by atoms with Gasteiger partial charge in [-0.25, -0.2) is 13.1 Å². The summed E-state index contributed by atoms with van der Waals surface area (Å²) in [7, 11) is -3.63. The number of carbonyl (C=O) groups is 1. The van der Waals surface area contributed by atoms with Crippen molar-refractivity contribution in [2.45, 2.75) is 44.9 Å². The summed E-state index contributed by atoms with van der Waals surface area (Å²) < 4.78 is 27.7. The van der Waals surface area contributed by atoms with Gasteiger partial charge in [0.25, 0.3) is 0 Å². The van der Waals surface area contributed by atoms with Crippen molar-refractivity contribution < 1.29 is 13.2 Å². The van der Waals surface area contributed by atoms with Gasteiger partial charge >= 0.3 is 0 Å². The fourth-order valence-corrected chi connectivity index (χ4v) is 4.85. The van der Waals surface area contributed by atoms with Crippen molar-refractivity contribution in [2.75, 3.05) is 18.0 Å². The van der Waals surface area contributed by atoms with Crippen molar-refractivity contribution in [3.05, 3.63) is 58.7 Å². The van der Waals surface area contributed by atoms with Gasteiger partial charge in [-0.15, -0.1) is 0 Å². The zero-order valence-corrected chi connectivity index (χ0v) is 16.9. The molecule has 0 unspecified atom stereocenters. The number of fused-ring (bicyclic) bond motifs is 1. The van der Waals surface area contributed by atoms with Gasteiger partial charge in [0, 0.05) is 25.2 Å². The third-order valence-electron chi connectivity index (χ3n) is 4.92. The lowest BCUT2D eigenvalue weighted by atomic mass is 9.99. The van der Waals surface area contributed by atoms with Crippen LogP contribution in [0.2, 0.25) is 0 Å². The minimum atomic E-state index is -3.63. The van der Waals surface area contributed by atoms with Gasteiger partial charge in [-0.2, -0.15) is 0 Å². The smallest absolute Gasteiger partial charge is 0.240 e. The highest BCUT2D eigenvalue weighted by Crippen LogP contribution is 2.28. The summed E-state index contributed by atoms with van der Waals surface area (Å²) >= 11 is 0. The van der Waals surface area contributed by atoms with Gasteiger partial charge in [-0.1, -0.05) is 29.8 Å². The van der Waals surface area contributed by atoms with Gasteiger partial charge in [0.15, 0.2) is 0 Å². The molecule has 3 rings (SSSR count). The molecule has 0 radical (unpaired) electrons. The Morgan fingerprint density at radius 3 is 2.56 bits per heavy atom. The molecular formula is C21H26N2O3S. The molecule has 0 fully saturated rings. The second-order valence-corrected chi connectivity index (χ2v) is 8.93. The van der Waals surface area contributed by atoms with E-state index in [4.69, 9.17) is 0 Å². The molecule has 0 atom stereocenters. The first-order valence-electron chi connectivity index (χ1n) is 9.25. The molecule has 0 aliphatic carbocycles. The highest BCUT2D eigenvalue weighted by Gasteiger charge is 2.23. The predicted octanol–water partition coefficient (Wildman–Crippen LogP) is 3.26. The summed E-state index contributed by atoms with van der Waals surface area (Å²) in [5, 5.41) is 0. The molecule has 1 amide bonds. The normalized spacial score (nSPS) is 14.1. The van der Waals surface area contributed by atoms with Crippen LogP contribution in [0.4, 0.5) is 5.69 Å². The highest BCUT2D eigenvalue weighted by molar-refractivity contribution is 7.89. The number of hydrogen-bond donors (Lipinski definition) is 1. The van der Waals surface area contributed by atoms with Crippen LogP contribution in [0.15, 0.2) is 41.3 Å². The highest BCUT2D eigenvalue weighted by atomic mass is 32.2. The molecule has 0 spiro atoms. The van der Waals surface area contributed by atoms with E-state index in [-0.39, 0.29) is 23.8 Å². The number of hydrogen-bond acceptors (Lipinski definition) is 3. The zero-order chi connectivity index (χ0) is 19.6. The van der Waals surface area contributed by atoms with Crippen LogP contribution in [0.3, 0.4) is 0 Å². The van der Waals surface area contributed by atoms with E-state index in [9.17, 15) is 13.2 Å². The molecular weight excluding hydrogens is 360 g/mol. The number of aryl methyl sites for hydroxylation is 4. The molecule has 5 nitrogen and oxygen atoms in total. The number of anilines is 1. The molecule has 1 heterocycles. The van der Waals surface area contributed by atoms with Gasteiger partial charge in [-0.3, -0.25) is 4.79 Å². The van der Waals surface area contributed by atoms with Crippen LogP contribution < -0.4 is 9.62 Å². The lowest BCUT2D eigenvalue weighted by molar-refractivity contribution is -0.118. The molecule has 0 saturated carbocycles. The van der Waals surface area contributed by atoms with E-state index in [1.165, 1.54) is 11.1 Å². The molecule has 2 aromatic carbocycles. The van der Waals surface area contributed by atoms with Crippen LogP contribution in [0, 0.1) is 20.8 Å². The zero-order valence-electron chi connectivity index (χ0n) is 16.1. The second kappa shape index (κ2) is 7.82. The number of carbonyl (C=O) groups excluding carboxylic acids is 1. The van der Waals surface area contributed by atoms with E-state index in [0.717, 1.165) is 24.1 Å². The molecule has 0 saturated heterocycles. The number of benzene rings is 2. The topological polar surface area (TPSA) is 66.5 Å². The van der Waals surface area contributed by atoms with E-state index in [1.54, 1.807) is 24.0 Å². The van der Waals surface area contributed by atoms with Crippen molar-refractivity contribution in [2.24, 2.45) is 0 Å². The summed E-state index contributed by atoms with van der Waals surface area (Å²) in [6.07, 6.45) is 2.04. The van der Waals surface area contributed by atoms with Gasteiger partial charge in [0.05, 0.1) is 4.90 Å². The first kappa shape index (κ1) is 19.6. The van der Waals surface area contributed by atoms with Crippen molar-refractivity contribution in [1.82, 2.24) is 4.72 Å². The van der Waals surface area contributed by atoms with E-state index in [2.05, 4.69) is 10.8 Å². The Hall–Kier alpha value is -2.18. The van der Waals surface area contributed by atoms with Crippen LogP contribution in [-0.2, 0) is 21.2 Å². The summed E-state index contributed by atoms with van der Waals surface area (Å²) in [5.74, 6) is -0.0523. The first-order chi connectivity index (χ1) is 12.8. The second-order valence-electron chi connectivity index (χ2n) is 7.20. The van der Waals surface area contributed by atoms with Gasteiger partial charge in [-0.05, 0) is 62.4 Å². The quantitative estimate of drug-likeness (QED) is 0.858. The fourth-order valence-electron chi connectivity index (χ4n) is 3.49. The van der Waals surface area contributed by atoms with Crippen LogP contribution >= 0.6 is 0 Å². The summed E-state index contributed by atoms with van der Waals surface area (Å²) in [6.45, 7) is 6.44. The molecule has 2 aromatic rings. The number of rotatable bonds is 5. The average molecular weight is 387 g/mol. The largest absolute Gasteiger partial charge is 0.312 e. The SMILES string of the molecule is Cc1ccc2c(c1)CCCN2C(=O)CCNS(=O)(=O)c1cc(C)ccc1C. The Morgan fingerprint density at radius 1 is 1.07 bits per heavy atom. The molecule has 6 heteroatoms. The fraction of sp³-hybridized carbons (Fsp3) is 0.381. The molecule has 1 N–H and O–H groups in total. The van der Waals surface area contributed by atoms with E-state index < -0.39 is 10.0 Å². The summed E-state index contributed by atoms with van der Waals surface area (Å²) in [4.78, 5) is 14.7. The van der Waals surface area contributed by atoms with Crippen LogP contribution in [-0.4, -0.2) is 27.4 Å². The van der Waals surface area contributed by atoms with E-state index in [0.29, 0.717) is 12.1 Å². The maximum absolute atomic E-state index is 12.7. The molecule has 1 aliphatic heterocycles. The van der Waals surface area contributed by atoms with Crippen LogP contribution in [0.1, 0.15) is 35.1 Å². The lowest BCUT2D eigenvalue weighted by Crippen LogP contribution is -2.37. The van der Waals surface area contributed by atoms with Gasteiger partial charge in [0.2, 0.25) is 15.9 Å². The Labute approximate surface area is 161 Å². The van der Waals surface area contributed by atoms with Crippen LogP contribution in [0.25, 0.3) is 0 Å². The van der Waals surface area contributed by atoms with Crippen molar-refractivity contribution in [3.8, 4) is 0 Å². The molecule has 27 heavy (non-hydrogen) atoms. The van der Waals surface area contributed by atoms with Gasteiger partial charge < -0.3 is 4.90 Å². The average Bonchev–Trinajstić information content (AvgIpc) is 2.62. The monoisotopic (exact) mass is 386 g/mol. The van der Waals surface area contributed by atoms with E-state index in [1.807, 2.05) is 32.0 Å². The molecule has 1 aliphatic rings. The lowest BCUT2D eigenvalue weighted by Gasteiger charge is -2.30. The minimum absolute atomic E-state index is 0.0523. The van der Waals surface area contributed by atoms with Crippen molar-refractivity contribution in [1.29, 1.82) is 0 Å². The van der Waals surface area contributed by atoms with Gasteiger partial charge in [0.1, 0.15) is 0 Å². The number of sulfonamides is 1. The molecule has 144 valence electrons. The summed E-state index contributed by atoms with van der Waals surface area (Å²) in [5.41, 5.74) is 4.90. The Balaban J connectivity index is 1.66. The van der Waals surface area contributed by atoms with E-state index >= 15 is 0 Å². The minimum Gasteiger partial charge on any atom is -0.312 e. The molecule has 0 aromatic heterocycles. The maximum atomic E-state index is 12.7. The third-order valence-corrected chi connectivity index (χ3v) is 6.52. The van der Waals surface area contributed by atoms with Crippen molar-refractivity contribution in [3.63, 3.8) is 0 Å². The number of nitrogens with zero attached hydrogens (tertiary/aromatic N) is 1. The summed E-state index contributed by atoms with van der Waals surface area (Å²) in [6, 6.07) is 11.4. The third kappa shape index (κ3) is 4.39. The Kier molecular flexibility index (Phi) is 5.67. The molecule has 0 bridgehead atoms.